The quantitative estimate of drug-likeness (QED) is 0.824. The van der Waals surface area contributed by atoms with E-state index in [2.05, 4.69) is 0 Å². The molecule has 1 N–H and O–H groups in total. The first-order valence-electron chi connectivity index (χ1n) is 6.52. The van der Waals surface area contributed by atoms with E-state index in [0.29, 0.717) is 6.42 Å². The third-order valence-electron chi connectivity index (χ3n) is 3.32. The van der Waals surface area contributed by atoms with Crippen molar-refractivity contribution in [1.82, 2.24) is 4.31 Å². The lowest BCUT2D eigenvalue weighted by Gasteiger charge is -2.17. The Bertz CT molecular complexity index is 662. The smallest absolute Gasteiger partial charge is 0.329 e. The van der Waals surface area contributed by atoms with E-state index < -0.39 is 39.4 Å². The molecule has 1 saturated heterocycles. The average molecular weight is 333 g/mol. The zero-order chi connectivity index (χ0) is 16.3. The van der Waals surface area contributed by atoms with E-state index in [-0.39, 0.29) is 18.8 Å². The summed E-state index contributed by atoms with van der Waals surface area (Å²) in [4.78, 5) is 9.98. The number of carboxylic acids is 1. The lowest BCUT2D eigenvalue weighted by Crippen LogP contribution is -2.31. The highest BCUT2D eigenvalue weighted by Gasteiger charge is 2.35. The van der Waals surface area contributed by atoms with Crippen LogP contribution in [0.3, 0.4) is 0 Å². The molecule has 2 rings (SSSR count). The second kappa shape index (κ2) is 6.59. The predicted molar refractivity (Wildman–Crippen MR) is 73.7 cm³/mol. The number of halogens is 1. The van der Waals surface area contributed by atoms with Gasteiger partial charge in [0.05, 0.1) is 13.2 Å². The molecule has 7 nitrogen and oxygen atoms in total. The van der Waals surface area contributed by atoms with Crippen LogP contribution in [0.15, 0.2) is 23.1 Å². The molecule has 1 aliphatic heterocycles. The van der Waals surface area contributed by atoms with Crippen molar-refractivity contribution < 1.29 is 32.2 Å². The van der Waals surface area contributed by atoms with E-state index in [1.165, 1.54) is 25.3 Å². The molecular weight excluding hydrogens is 317 g/mol. The van der Waals surface area contributed by atoms with Crippen LogP contribution in [0.1, 0.15) is 6.42 Å². The summed E-state index contributed by atoms with van der Waals surface area (Å²) in [6.45, 7) is -0.360. The highest BCUT2D eigenvalue weighted by atomic mass is 32.2. The van der Waals surface area contributed by atoms with Crippen LogP contribution in [0.5, 0.6) is 5.75 Å². The SMILES string of the molecule is COc1cccc(S(=O)(=O)N2CC[C@H](OCC(=O)O)C2)c1F. The summed E-state index contributed by atoms with van der Waals surface area (Å²) in [5, 5.41) is 8.55. The number of ether oxygens (including phenoxy) is 2. The summed E-state index contributed by atoms with van der Waals surface area (Å²) in [6, 6.07) is 3.89. The van der Waals surface area contributed by atoms with E-state index in [0.717, 1.165) is 4.31 Å². The Morgan fingerprint density at radius 1 is 1.50 bits per heavy atom. The third-order valence-corrected chi connectivity index (χ3v) is 5.20. The highest BCUT2D eigenvalue weighted by Crippen LogP contribution is 2.28. The van der Waals surface area contributed by atoms with Crippen LogP contribution in [-0.4, -0.2) is 56.7 Å². The number of benzene rings is 1. The number of carboxylic acid groups (broad SMARTS) is 1. The molecule has 9 heteroatoms. The van der Waals surface area contributed by atoms with E-state index >= 15 is 0 Å². The van der Waals surface area contributed by atoms with Crippen molar-refractivity contribution in [2.24, 2.45) is 0 Å². The molecule has 1 aliphatic rings. The first-order valence-corrected chi connectivity index (χ1v) is 7.96. The number of aliphatic carboxylic acids is 1. The topological polar surface area (TPSA) is 93.1 Å². The molecule has 1 aromatic rings. The second-order valence-electron chi connectivity index (χ2n) is 4.75. The van der Waals surface area contributed by atoms with Crippen molar-refractivity contribution >= 4 is 16.0 Å². The molecule has 0 saturated carbocycles. The maximum absolute atomic E-state index is 14.1. The molecule has 0 unspecified atom stereocenters. The zero-order valence-electron chi connectivity index (χ0n) is 11.9. The predicted octanol–water partition coefficient (Wildman–Crippen LogP) is 0.698. The van der Waals surface area contributed by atoms with Crippen molar-refractivity contribution in [3.63, 3.8) is 0 Å². The molecule has 0 aliphatic carbocycles. The van der Waals surface area contributed by atoms with Crippen LogP contribution in [0.2, 0.25) is 0 Å². The van der Waals surface area contributed by atoms with Crippen molar-refractivity contribution in [1.29, 1.82) is 0 Å². The third kappa shape index (κ3) is 3.37. The van der Waals surface area contributed by atoms with Gasteiger partial charge >= 0.3 is 5.97 Å². The van der Waals surface area contributed by atoms with E-state index in [1.807, 2.05) is 0 Å². The number of rotatable bonds is 6. The summed E-state index contributed by atoms with van der Waals surface area (Å²) in [6.07, 6.45) is -0.155. The summed E-state index contributed by atoms with van der Waals surface area (Å²) in [7, 11) is -2.77. The monoisotopic (exact) mass is 333 g/mol. The molecular formula is C13H16FNO6S. The molecule has 22 heavy (non-hydrogen) atoms. The Labute approximate surface area is 127 Å². The molecule has 0 amide bonds. The minimum Gasteiger partial charge on any atom is -0.494 e. The Morgan fingerprint density at radius 3 is 2.86 bits per heavy atom. The molecule has 0 spiro atoms. The van der Waals surface area contributed by atoms with Gasteiger partial charge in [-0.3, -0.25) is 0 Å². The maximum atomic E-state index is 14.1. The van der Waals surface area contributed by atoms with Crippen LogP contribution in [-0.2, 0) is 19.6 Å². The summed E-state index contributed by atoms with van der Waals surface area (Å²) in [5.74, 6) is -2.22. The fraction of sp³-hybridized carbons (Fsp3) is 0.462. The van der Waals surface area contributed by atoms with Crippen molar-refractivity contribution in [2.45, 2.75) is 17.4 Å². The molecule has 1 atom stereocenters. The largest absolute Gasteiger partial charge is 0.494 e. The van der Waals surface area contributed by atoms with Crippen molar-refractivity contribution in [3.8, 4) is 5.75 Å². The number of hydrogen-bond donors (Lipinski definition) is 1. The minimum absolute atomic E-state index is 0.00768. The lowest BCUT2D eigenvalue weighted by molar-refractivity contribution is -0.144. The molecule has 1 fully saturated rings. The van der Waals surface area contributed by atoms with Crippen LogP contribution < -0.4 is 4.74 Å². The normalized spacial score (nSPS) is 19.3. The standard InChI is InChI=1S/C13H16FNO6S/c1-20-10-3-2-4-11(13(10)14)22(18,19)15-6-5-9(7-15)21-8-12(16)17/h2-4,9H,5-8H2,1H3,(H,16,17)/t9-/m0/s1. The van der Waals surface area contributed by atoms with Gasteiger partial charge in [-0.1, -0.05) is 6.07 Å². The summed E-state index contributed by atoms with van der Waals surface area (Å²) < 4.78 is 50.0. The molecule has 1 heterocycles. The van der Waals surface area contributed by atoms with Gasteiger partial charge in [0.15, 0.2) is 11.6 Å². The van der Waals surface area contributed by atoms with Gasteiger partial charge in [-0.05, 0) is 18.6 Å². The molecule has 0 aromatic heterocycles. The highest BCUT2D eigenvalue weighted by molar-refractivity contribution is 7.89. The Balaban J connectivity index is 2.17. The molecule has 122 valence electrons. The van der Waals surface area contributed by atoms with Gasteiger partial charge in [-0.25, -0.2) is 17.6 Å². The van der Waals surface area contributed by atoms with Crippen molar-refractivity contribution in [2.75, 3.05) is 26.8 Å². The van der Waals surface area contributed by atoms with Gasteiger partial charge in [0, 0.05) is 13.1 Å². The number of nitrogens with zero attached hydrogens (tertiary/aromatic N) is 1. The van der Waals surface area contributed by atoms with Crippen molar-refractivity contribution in [3.05, 3.63) is 24.0 Å². The van der Waals surface area contributed by atoms with Gasteiger partial charge in [0.25, 0.3) is 0 Å². The molecule has 0 bridgehead atoms. The minimum atomic E-state index is -4.02. The summed E-state index contributed by atoms with van der Waals surface area (Å²) in [5.41, 5.74) is 0. The van der Waals surface area contributed by atoms with Gasteiger partial charge in [0.1, 0.15) is 11.5 Å². The number of carbonyl (C=O) groups is 1. The van der Waals surface area contributed by atoms with Crippen LogP contribution in [0, 0.1) is 5.82 Å². The van der Waals surface area contributed by atoms with E-state index in [1.54, 1.807) is 0 Å². The zero-order valence-corrected chi connectivity index (χ0v) is 12.7. The average Bonchev–Trinajstić information content (AvgIpc) is 2.95. The fourth-order valence-corrected chi connectivity index (χ4v) is 3.79. The van der Waals surface area contributed by atoms with Crippen LogP contribution in [0.4, 0.5) is 4.39 Å². The van der Waals surface area contributed by atoms with Crippen LogP contribution in [0.25, 0.3) is 0 Å². The van der Waals surface area contributed by atoms with Gasteiger partial charge < -0.3 is 14.6 Å². The van der Waals surface area contributed by atoms with Gasteiger partial charge in [-0.2, -0.15) is 4.31 Å². The van der Waals surface area contributed by atoms with E-state index in [4.69, 9.17) is 14.6 Å². The lowest BCUT2D eigenvalue weighted by atomic mass is 10.3. The Hall–Kier alpha value is -1.71. The molecule has 0 radical (unpaired) electrons. The molecule has 1 aromatic carbocycles. The number of sulfonamides is 1. The van der Waals surface area contributed by atoms with Gasteiger partial charge in [0.2, 0.25) is 10.0 Å². The first-order chi connectivity index (χ1) is 10.4. The second-order valence-corrected chi connectivity index (χ2v) is 6.66. The maximum Gasteiger partial charge on any atom is 0.329 e. The Kier molecular flexibility index (Phi) is 4.99. The summed E-state index contributed by atoms with van der Waals surface area (Å²) >= 11 is 0. The number of methoxy groups -OCH3 is 1. The fourth-order valence-electron chi connectivity index (χ4n) is 2.23. The first kappa shape index (κ1) is 16.7. The number of hydrogen-bond acceptors (Lipinski definition) is 5. The van der Waals surface area contributed by atoms with Gasteiger partial charge in [-0.15, -0.1) is 0 Å². The van der Waals surface area contributed by atoms with Crippen LogP contribution >= 0.6 is 0 Å². The van der Waals surface area contributed by atoms with E-state index in [9.17, 15) is 17.6 Å². The Morgan fingerprint density at radius 2 is 2.23 bits per heavy atom.